The van der Waals surface area contributed by atoms with Crippen LogP contribution in [0.1, 0.15) is 40.0 Å². The Bertz CT molecular complexity index is 761. The van der Waals surface area contributed by atoms with Crippen molar-refractivity contribution in [3.8, 4) is 0 Å². The van der Waals surface area contributed by atoms with E-state index in [0.29, 0.717) is 22.9 Å². The molecule has 2 aromatic rings. The molecule has 5 nitrogen and oxygen atoms in total. The lowest BCUT2D eigenvalue weighted by molar-refractivity contribution is 0.0681. The molecular weight excluding hydrogens is 334 g/mol. The van der Waals surface area contributed by atoms with Crippen molar-refractivity contribution < 1.29 is 9.59 Å². The number of nitrogens with zero attached hydrogens (tertiary/aromatic N) is 1. The molecule has 2 aliphatic rings. The van der Waals surface area contributed by atoms with E-state index in [-0.39, 0.29) is 17.9 Å². The predicted molar refractivity (Wildman–Crippen MR) is 99.2 cm³/mol. The number of nitrogens with one attached hydrogen (secondary N) is 2. The highest BCUT2D eigenvalue weighted by molar-refractivity contribution is 7.08. The highest BCUT2D eigenvalue weighted by Crippen LogP contribution is 2.31. The second kappa shape index (κ2) is 6.98. The van der Waals surface area contributed by atoms with Crippen LogP contribution in [-0.4, -0.2) is 41.9 Å². The molecule has 2 atom stereocenters. The molecule has 0 radical (unpaired) electrons. The maximum Gasteiger partial charge on any atom is 0.256 e. The van der Waals surface area contributed by atoms with Crippen LogP contribution in [0.3, 0.4) is 0 Å². The van der Waals surface area contributed by atoms with Crippen LogP contribution in [0, 0.1) is 0 Å². The Balaban J connectivity index is 1.60. The van der Waals surface area contributed by atoms with E-state index in [2.05, 4.69) is 10.6 Å². The Labute approximate surface area is 151 Å². The third-order valence-electron chi connectivity index (χ3n) is 5.08. The molecule has 2 amide bonds. The Kier molecular flexibility index (Phi) is 4.55. The summed E-state index contributed by atoms with van der Waals surface area (Å²) in [5.74, 6) is -0.153. The zero-order valence-corrected chi connectivity index (χ0v) is 14.7. The van der Waals surface area contributed by atoms with Gasteiger partial charge in [-0.3, -0.25) is 9.59 Å². The summed E-state index contributed by atoms with van der Waals surface area (Å²) in [6.07, 6.45) is 3.11. The number of hydrogen-bond donors (Lipinski definition) is 2. The van der Waals surface area contributed by atoms with Gasteiger partial charge in [-0.25, -0.2) is 0 Å². The van der Waals surface area contributed by atoms with Crippen LogP contribution < -0.4 is 10.6 Å². The molecule has 1 aromatic carbocycles. The van der Waals surface area contributed by atoms with E-state index in [1.54, 1.807) is 17.5 Å². The van der Waals surface area contributed by atoms with Crippen molar-refractivity contribution in [3.05, 3.63) is 52.2 Å². The first kappa shape index (κ1) is 16.3. The zero-order valence-electron chi connectivity index (χ0n) is 13.9. The van der Waals surface area contributed by atoms with E-state index in [9.17, 15) is 9.59 Å². The van der Waals surface area contributed by atoms with E-state index in [1.807, 2.05) is 28.5 Å². The molecule has 2 N–H and O–H groups in total. The number of carbonyl (C=O) groups is 2. The Morgan fingerprint density at radius 1 is 1.12 bits per heavy atom. The van der Waals surface area contributed by atoms with Gasteiger partial charge in [-0.2, -0.15) is 11.3 Å². The smallest absolute Gasteiger partial charge is 0.256 e. The van der Waals surface area contributed by atoms with Gasteiger partial charge in [-0.05, 0) is 49.4 Å². The molecule has 6 heteroatoms. The van der Waals surface area contributed by atoms with Gasteiger partial charge >= 0.3 is 0 Å². The maximum atomic E-state index is 13.3. The highest BCUT2D eigenvalue weighted by atomic mass is 32.1. The number of para-hydroxylation sites is 1. The van der Waals surface area contributed by atoms with Crippen LogP contribution in [0.5, 0.6) is 0 Å². The van der Waals surface area contributed by atoms with Gasteiger partial charge in [0.15, 0.2) is 0 Å². The number of thiophene rings is 1. The van der Waals surface area contributed by atoms with Crippen molar-refractivity contribution in [2.24, 2.45) is 0 Å². The van der Waals surface area contributed by atoms with Gasteiger partial charge in [-0.1, -0.05) is 12.1 Å². The number of carbonyl (C=O) groups excluding carboxylic acids is 2. The van der Waals surface area contributed by atoms with E-state index in [1.165, 1.54) is 11.3 Å². The maximum absolute atomic E-state index is 13.3. The summed E-state index contributed by atoms with van der Waals surface area (Å²) < 4.78 is 0. The normalized spacial score (nSPS) is 22.5. The largest absolute Gasteiger partial charge is 0.331 e. The molecule has 3 heterocycles. The van der Waals surface area contributed by atoms with Gasteiger partial charge in [0.05, 0.1) is 16.8 Å². The van der Waals surface area contributed by atoms with Crippen LogP contribution in [-0.2, 0) is 0 Å². The molecule has 0 spiro atoms. The fourth-order valence-electron chi connectivity index (χ4n) is 3.82. The number of amides is 2. The quantitative estimate of drug-likeness (QED) is 0.890. The summed E-state index contributed by atoms with van der Waals surface area (Å²) in [6.45, 7) is 1.81. The first-order valence-electron chi connectivity index (χ1n) is 8.70. The summed E-state index contributed by atoms with van der Waals surface area (Å²) in [4.78, 5) is 27.7. The van der Waals surface area contributed by atoms with E-state index >= 15 is 0 Å². The lowest BCUT2D eigenvalue weighted by atomic mass is 10.1. The molecule has 2 unspecified atom stereocenters. The summed E-state index contributed by atoms with van der Waals surface area (Å²) >= 11 is 1.48. The number of hydrogen-bond acceptors (Lipinski definition) is 4. The van der Waals surface area contributed by atoms with Gasteiger partial charge in [-0.15, -0.1) is 0 Å². The van der Waals surface area contributed by atoms with Crippen LogP contribution in [0.15, 0.2) is 41.1 Å². The molecule has 2 aliphatic heterocycles. The van der Waals surface area contributed by atoms with E-state index in [0.717, 1.165) is 32.4 Å². The molecule has 2 bridgehead atoms. The van der Waals surface area contributed by atoms with Gasteiger partial charge in [0.2, 0.25) is 0 Å². The molecule has 130 valence electrons. The first-order chi connectivity index (χ1) is 12.2. The third-order valence-corrected chi connectivity index (χ3v) is 5.76. The van der Waals surface area contributed by atoms with Crippen molar-refractivity contribution in [2.45, 2.75) is 31.3 Å². The number of anilines is 1. The van der Waals surface area contributed by atoms with Gasteiger partial charge < -0.3 is 15.5 Å². The molecule has 2 saturated heterocycles. The summed E-state index contributed by atoms with van der Waals surface area (Å²) in [7, 11) is 0. The average molecular weight is 355 g/mol. The van der Waals surface area contributed by atoms with Crippen molar-refractivity contribution in [1.82, 2.24) is 10.2 Å². The lowest BCUT2D eigenvalue weighted by Crippen LogP contribution is -2.42. The molecule has 0 aliphatic carbocycles. The predicted octanol–water partition coefficient (Wildman–Crippen LogP) is 2.97. The fraction of sp³-hybridized carbons (Fsp3) is 0.368. The van der Waals surface area contributed by atoms with Crippen LogP contribution >= 0.6 is 11.3 Å². The molecule has 0 saturated carbocycles. The zero-order chi connectivity index (χ0) is 17.2. The standard InChI is InChI=1S/C19H21N3O2S/c23-18(13-8-10-25-12-13)21-17-4-2-1-3-16(17)19(24)22-14-5-6-15(22)11-20-9-7-14/h1-4,8,10,12,14-15,20H,5-7,9,11H2,(H,21,23). The van der Waals surface area contributed by atoms with E-state index < -0.39 is 0 Å². The fourth-order valence-corrected chi connectivity index (χ4v) is 4.46. The topological polar surface area (TPSA) is 61.4 Å². The minimum absolute atomic E-state index is 0.0254. The molecule has 2 fully saturated rings. The van der Waals surface area contributed by atoms with Crippen molar-refractivity contribution in [1.29, 1.82) is 0 Å². The van der Waals surface area contributed by atoms with E-state index in [4.69, 9.17) is 0 Å². The lowest BCUT2D eigenvalue weighted by Gasteiger charge is -2.28. The van der Waals surface area contributed by atoms with Gasteiger partial charge in [0, 0.05) is 24.0 Å². The Morgan fingerprint density at radius 2 is 1.96 bits per heavy atom. The third kappa shape index (κ3) is 3.19. The number of rotatable bonds is 3. The number of fused-ring (bicyclic) bond motifs is 2. The van der Waals surface area contributed by atoms with Gasteiger partial charge in [0.1, 0.15) is 0 Å². The highest BCUT2D eigenvalue weighted by Gasteiger charge is 2.38. The van der Waals surface area contributed by atoms with Crippen molar-refractivity contribution >= 4 is 28.8 Å². The molecule has 25 heavy (non-hydrogen) atoms. The van der Waals surface area contributed by atoms with Crippen LogP contribution in [0.25, 0.3) is 0 Å². The molecule has 1 aromatic heterocycles. The summed E-state index contributed by atoms with van der Waals surface area (Å²) in [5.41, 5.74) is 1.77. The second-order valence-electron chi connectivity index (χ2n) is 6.60. The number of benzene rings is 1. The van der Waals surface area contributed by atoms with Crippen LogP contribution in [0.2, 0.25) is 0 Å². The Hall–Kier alpha value is -2.18. The first-order valence-corrected chi connectivity index (χ1v) is 9.64. The SMILES string of the molecule is O=C(Nc1ccccc1C(=O)N1C2CCNCC1CC2)c1ccsc1. The minimum Gasteiger partial charge on any atom is -0.331 e. The van der Waals surface area contributed by atoms with Gasteiger partial charge in [0.25, 0.3) is 11.8 Å². The Morgan fingerprint density at radius 3 is 2.80 bits per heavy atom. The summed E-state index contributed by atoms with van der Waals surface area (Å²) in [5, 5.41) is 10.00. The molecular formula is C19H21N3O2S. The van der Waals surface area contributed by atoms with Crippen molar-refractivity contribution in [3.63, 3.8) is 0 Å². The summed E-state index contributed by atoms with van der Waals surface area (Å²) in [6, 6.07) is 9.64. The monoisotopic (exact) mass is 355 g/mol. The van der Waals surface area contributed by atoms with Crippen molar-refractivity contribution in [2.75, 3.05) is 18.4 Å². The average Bonchev–Trinajstić information content (AvgIpc) is 3.22. The molecule has 4 rings (SSSR count). The minimum atomic E-state index is -0.179. The second-order valence-corrected chi connectivity index (χ2v) is 7.38. The van der Waals surface area contributed by atoms with Crippen LogP contribution in [0.4, 0.5) is 5.69 Å².